The van der Waals surface area contributed by atoms with E-state index < -0.39 is 5.97 Å². The standard InChI is InChI=1S/C15H19NO2S/c1-10-6-7-16(14(10)15(17)18)9-12-8-11-4-2-3-5-13(11)19-12/h2-5,10,12,14H,6-9H2,1H3,(H,17,18). The van der Waals surface area contributed by atoms with E-state index in [2.05, 4.69) is 36.1 Å². The average molecular weight is 277 g/mol. The Morgan fingerprint density at radius 1 is 1.47 bits per heavy atom. The van der Waals surface area contributed by atoms with Crippen LogP contribution in [0.5, 0.6) is 0 Å². The van der Waals surface area contributed by atoms with Crippen molar-refractivity contribution >= 4 is 17.7 Å². The van der Waals surface area contributed by atoms with Crippen molar-refractivity contribution in [2.45, 2.75) is 36.0 Å². The molecule has 0 saturated carbocycles. The van der Waals surface area contributed by atoms with Gasteiger partial charge in [-0.25, -0.2) is 0 Å². The molecule has 0 aliphatic carbocycles. The molecule has 1 fully saturated rings. The third-order valence-electron chi connectivity index (χ3n) is 4.21. The van der Waals surface area contributed by atoms with Gasteiger partial charge in [-0.15, -0.1) is 11.8 Å². The Labute approximate surface area is 118 Å². The van der Waals surface area contributed by atoms with Crippen LogP contribution in [0.25, 0.3) is 0 Å². The maximum absolute atomic E-state index is 11.4. The number of fused-ring (bicyclic) bond motifs is 1. The molecule has 19 heavy (non-hydrogen) atoms. The number of carboxylic acid groups (broad SMARTS) is 1. The monoisotopic (exact) mass is 277 g/mol. The van der Waals surface area contributed by atoms with Gasteiger partial charge in [0.25, 0.3) is 0 Å². The molecule has 2 aliphatic rings. The van der Waals surface area contributed by atoms with Crippen LogP contribution in [-0.2, 0) is 11.2 Å². The van der Waals surface area contributed by atoms with Crippen LogP contribution in [-0.4, -0.2) is 40.4 Å². The van der Waals surface area contributed by atoms with Crippen LogP contribution in [0.4, 0.5) is 0 Å². The van der Waals surface area contributed by atoms with Crippen molar-refractivity contribution in [2.24, 2.45) is 5.92 Å². The lowest BCUT2D eigenvalue weighted by Crippen LogP contribution is -2.42. The van der Waals surface area contributed by atoms with Gasteiger partial charge in [0.05, 0.1) is 0 Å². The number of carbonyl (C=O) groups is 1. The number of carboxylic acids is 1. The smallest absolute Gasteiger partial charge is 0.321 e. The second kappa shape index (κ2) is 5.17. The normalized spacial score (nSPS) is 30.5. The van der Waals surface area contributed by atoms with Crippen molar-refractivity contribution in [1.29, 1.82) is 0 Å². The lowest BCUT2D eigenvalue weighted by atomic mass is 10.0. The van der Waals surface area contributed by atoms with Crippen LogP contribution in [0.1, 0.15) is 18.9 Å². The summed E-state index contributed by atoms with van der Waals surface area (Å²) in [6, 6.07) is 8.22. The first-order chi connectivity index (χ1) is 9.15. The summed E-state index contributed by atoms with van der Waals surface area (Å²) in [6.07, 6.45) is 2.07. The Bertz CT molecular complexity index is 466. The highest BCUT2D eigenvalue weighted by atomic mass is 32.2. The Kier molecular flexibility index (Phi) is 3.54. The highest BCUT2D eigenvalue weighted by molar-refractivity contribution is 8.00. The van der Waals surface area contributed by atoms with Crippen LogP contribution in [0, 0.1) is 5.92 Å². The number of rotatable bonds is 3. The topological polar surface area (TPSA) is 40.5 Å². The molecule has 3 nitrogen and oxygen atoms in total. The predicted octanol–water partition coefficient (Wildman–Crippen LogP) is 2.50. The molecule has 2 aliphatic heterocycles. The Morgan fingerprint density at radius 2 is 2.26 bits per heavy atom. The van der Waals surface area contributed by atoms with Gasteiger partial charge in [0.2, 0.25) is 0 Å². The number of aliphatic carboxylic acids is 1. The molecule has 1 aromatic carbocycles. The summed E-state index contributed by atoms with van der Waals surface area (Å²) in [7, 11) is 0. The summed E-state index contributed by atoms with van der Waals surface area (Å²) in [5, 5.41) is 9.86. The second-order valence-corrected chi connectivity index (χ2v) is 6.94. The predicted molar refractivity (Wildman–Crippen MR) is 76.6 cm³/mol. The van der Waals surface area contributed by atoms with Crippen molar-refractivity contribution in [3.8, 4) is 0 Å². The van der Waals surface area contributed by atoms with Gasteiger partial charge in [0.15, 0.2) is 0 Å². The molecular weight excluding hydrogens is 258 g/mol. The van der Waals surface area contributed by atoms with Crippen molar-refractivity contribution in [3.63, 3.8) is 0 Å². The third kappa shape index (κ3) is 2.51. The summed E-state index contributed by atoms with van der Waals surface area (Å²) in [5.74, 6) is -0.392. The number of hydrogen-bond donors (Lipinski definition) is 1. The molecule has 1 saturated heterocycles. The van der Waals surface area contributed by atoms with Crippen molar-refractivity contribution in [1.82, 2.24) is 4.90 Å². The Hall–Kier alpha value is -1.00. The van der Waals surface area contributed by atoms with Gasteiger partial charge < -0.3 is 5.11 Å². The number of hydrogen-bond acceptors (Lipinski definition) is 3. The van der Waals surface area contributed by atoms with Gasteiger partial charge in [0.1, 0.15) is 6.04 Å². The average Bonchev–Trinajstić information content (AvgIpc) is 2.92. The van der Waals surface area contributed by atoms with E-state index in [0.717, 1.165) is 25.9 Å². The highest BCUT2D eigenvalue weighted by Gasteiger charge is 2.38. The first kappa shape index (κ1) is 13.0. The molecule has 102 valence electrons. The number of likely N-dealkylation sites (tertiary alicyclic amines) is 1. The van der Waals surface area contributed by atoms with Gasteiger partial charge in [0, 0.05) is 16.7 Å². The lowest BCUT2D eigenvalue weighted by Gasteiger charge is -2.25. The van der Waals surface area contributed by atoms with E-state index >= 15 is 0 Å². The summed E-state index contributed by atoms with van der Waals surface area (Å²) >= 11 is 1.90. The van der Waals surface area contributed by atoms with Crippen LogP contribution < -0.4 is 0 Å². The molecular formula is C15H19NO2S. The zero-order valence-corrected chi connectivity index (χ0v) is 11.9. The maximum atomic E-state index is 11.4. The molecule has 0 aromatic heterocycles. The van der Waals surface area contributed by atoms with E-state index in [4.69, 9.17) is 0 Å². The molecule has 1 aromatic rings. The molecule has 3 rings (SSSR count). The minimum atomic E-state index is -0.662. The fraction of sp³-hybridized carbons (Fsp3) is 0.533. The molecule has 2 heterocycles. The van der Waals surface area contributed by atoms with Gasteiger partial charge in [-0.05, 0) is 36.9 Å². The van der Waals surface area contributed by atoms with Crippen molar-refractivity contribution < 1.29 is 9.90 Å². The molecule has 4 heteroatoms. The van der Waals surface area contributed by atoms with Gasteiger partial charge >= 0.3 is 5.97 Å². The molecule has 0 radical (unpaired) electrons. The number of benzene rings is 1. The quantitative estimate of drug-likeness (QED) is 0.921. The van der Waals surface area contributed by atoms with E-state index in [1.54, 1.807) is 0 Å². The molecule has 3 atom stereocenters. The Balaban J connectivity index is 1.66. The van der Waals surface area contributed by atoms with Crippen molar-refractivity contribution in [3.05, 3.63) is 29.8 Å². The first-order valence-electron chi connectivity index (χ1n) is 6.86. The minimum Gasteiger partial charge on any atom is -0.480 e. The fourth-order valence-electron chi connectivity index (χ4n) is 3.25. The van der Waals surface area contributed by atoms with Crippen LogP contribution in [0.15, 0.2) is 29.2 Å². The van der Waals surface area contributed by atoms with E-state index in [1.165, 1.54) is 10.5 Å². The zero-order chi connectivity index (χ0) is 13.4. The van der Waals surface area contributed by atoms with Crippen molar-refractivity contribution in [2.75, 3.05) is 13.1 Å². The minimum absolute atomic E-state index is 0.270. The van der Waals surface area contributed by atoms with Crippen LogP contribution in [0.3, 0.4) is 0 Å². The van der Waals surface area contributed by atoms with Crippen LogP contribution >= 0.6 is 11.8 Å². The Morgan fingerprint density at radius 3 is 3.00 bits per heavy atom. The summed E-state index contributed by atoms with van der Waals surface area (Å²) in [4.78, 5) is 14.9. The first-order valence-corrected chi connectivity index (χ1v) is 7.74. The summed E-state index contributed by atoms with van der Waals surface area (Å²) < 4.78 is 0. The van der Waals surface area contributed by atoms with E-state index in [9.17, 15) is 9.90 Å². The third-order valence-corrected chi connectivity index (χ3v) is 5.51. The SMILES string of the molecule is CC1CCN(CC2Cc3ccccc3S2)C1C(=O)O. The molecule has 1 N–H and O–H groups in total. The number of nitrogens with zero attached hydrogens (tertiary/aromatic N) is 1. The fourth-order valence-corrected chi connectivity index (χ4v) is 4.60. The molecule has 0 amide bonds. The molecule has 0 spiro atoms. The van der Waals surface area contributed by atoms with Gasteiger partial charge in [-0.1, -0.05) is 25.1 Å². The van der Waals surface area contributed by atoms with E-state index in [1.807, 2.05) is 11.8 Å². The van der Waals surface area contributed by atoms with E-state index in [0.29, 0.717) is 5.25 Å². The van der Waals surface area contributed by atoms with Gasteiger partial charge in [-0.2, -0.15) is 0 Å². The molecule has 3 unspecified atom stereocenters. The zero-order valence-electron chi connectivity index (χ0n) is 11.1. The van der Waals surface area contributed by atoms with E-state index in [-0.39, 0.29) is 12.0 Å². The summed E-state index contributed by atoms with van der Waals surface area (Å²) in [5.41, 5.74) is 1.41. The summed E-state index contributed by atoms with van der Waals surface area (Å²) in [6.45, 7) is 3.86. The maximum Gasteiger partial charge on any atom is 0.321 e. The lowest BCUT2D eigenvalue weighted by molar-refractivity contribution is -0.143. The van der Waals surface area contributed by atoms with Gasteiger partial charge in [-0.3, -0.25) is 9.69 Å². The second-order valence-electron chi connectivity index (χ2n) is 5.60. The molecule has 0 bridgehead atoms. The largest absolute Gasteiger partial charge is 0.480 e. The van der Waals surface area contributed by atoms with Crippen LogP contribution in [0.2, 0.25) is 0 Å². The number of thioether (sulfide) groups is 1. The highest BCUT2D eigenvalue weighted by Crippen LogP contribution is 2.38.